The molecule has 22 heteroatoms. The zero-order valence-corrected chi connectivity index (χ0v) is 35.6. The van der Waals surface area contributed by atoms with Crippen LogP contribution in [0.3, 0.4) is 0 Å². The number of fused-ring (bicyclic) bond motifs is 2. The molecule has 0 radical (unpaired) electrons. The fourth-order valence-corrected chi connectivity index (χ4v) is 6.35. The number of oxime groups is 2. The highest BCUT2D eigenvalue weighted by Crippen LogP contribution is 2.34. The van der Waals surface area contributed by atoms with Crippen molar-refractivity contribution in [1.82, 2.24) is 49.5 Å². The maximum Gasteiger partial charge on any atom is 0.180 e. The first-order valence-corrected chi connectivity index (χ1v) is 19.2. The number of aryl methyl sites for hydroxylation is 2. The first kappa shape index (κ1) is 43.3. The fraction of sp³-hybridized carbons (Fsp3) is 0.190. The zero-order chi connectivity index (χ0) is 45.3. The Morgan fingerprint density at radius 2 is 0.938 bits per heavy atom. The average molecular weight is 869 g/mol. The molecule has 0 fully saturated rings. The normalized spacial score (nSPS) is 11.5. The summed E-state index contributed by atoms with van der Waals surface area (Å²) in [5, 5.41) is 32.9. The Kier molecular flexibility index (Phi) is 13.0. The molecule has 0 saturated carbocycles. The van der Waals surface area contributed by atoms with Crippen LogP contribution in [0.1, 0.15) is 0 Å². The molecule has 0 aliphatic rings. The lowest BCUT2D eigenvalue weighted by Crippen LogP contribution is -2.31. The first-order valence-electron chi connectivity index (χ1n) is 19.2. The summed E-state index contributed by atoms with van der Waals surface area (Å²) in [5.74, 6) is 3.40. The molecule has 64 heavy (non-hydrogen) atoms. The Balaban J connectivity index is 0.000000191. The van der Waals surface area contributed by atoms with Gasteiger partial charge in [0, 0.05) is 74.0 Å². The number of hydrogen-bond donors (Lipinski definition) is 4. The van der Waals surface area contributed by atoms with Crippen molar-refractivity contribution >= 4 is 57.0 Å². The van der Waals surface area contributed by atoms with Crippen molar-refractivity contribution in [2.24, 2.45) is 35.9 Å². The number of benzene rings is 2. The number of methoxy groups -OCH3 is 4. The minimum Gasteiger partial charge on any atom is -0.497 e. The topological polar surface area (TPSA) is 274 Å². The van der Waals surface area contributed by atoms with Gasteiger partial charge in [-0.25, -0.2) is 19.9 Å². The second kappa shape index (κ2) is 19.3. The van der Waals surface area contributed by atoms with Crippen molar-refractivity contribution < 1.29 is 29.4 Å². The summed E-state index contributed by atoms with van der Waals surface area (Å²) in [4.78, 5) is 31.1. The molecule has 6 N–H and O–H groups in total. The van der Waals surface area contributed by atoms with E-state index in [1.165, 1.54) is 0 Å². The van der Waals surface area contributed by atoms with Crippen LogP contribution in [0.4, 0.5) is 23.0 Å². The predicted molar refractivity (Wildman–Crippen MR) is 239 cm³/mol. The first-order chi connectivity index (χ1) is 31.0. The van der Waals surface area contributed by atoms with Crippen molar-refractivity contribution in [2.75, 3.05) is 51.3 Å². The zero-order valence-electron chi connectivity index (χ0n) is 35.6. The molecule has 22 nitrogen and oxygen atoms in total. The maximum absolute atomic E-state index is 9.15. The number of rotatable bonds is 14. The van der Waals surface area contributed by atoms with Crippen LogP contribution in [0, 0.1) is 0 Å². The van der Waals surface area contributed by atoms with Crippen LogP contribution in [0.2, 0.25) is 0 Å². The van der Waals surface area contributed by atoms with Gasteiger partial charge in [-0.3, -0.25) is 19.3 Å². The molecule has 0 unspecified atom stereocenters. The second-order valence-corrected chi connectivity index (χ2v) is 13.8. The van der Waals surface area contributed by atoms with Gasteiger partial charge in [-0.15, -0.1) is 0 Å². The maximum atomic E-state index is 9.15. The van der Waals surface area contributed by atoms with E-state index in [4.69, 9.17) is 50.8 Å². The summed E-state index contributed by atoms with van der Waals surface area (Å²) in [5.41, 5.74) is 18.2. The molecule has 328 valence electrons. The lowest BCUT2D eigenvalue weighted by Gasteiger charge is -2.24. The van der Waals surface area contributed by atoms with E-state index in [1.807, 2.05) is 38.6 Å². The van der Waals surface area contributed by atoms with E-state index >= 15 is 0 Å². The third-order valence-corrected chi connectivity index (χ3v) is 9.53. The molecule has 8 aromatic rings. The van der Waals surface area contributed by atoms with Gasteiger partial charge in [0.25, 0.3) is 0 Å². The summed E-state index contributed by atoms with van der Waals surface area (Å²) in [7, 11) is 9.93. The van der Waals surface area contributed by atoms with Crippen LogP contribution in [0.25, 0.3) is 44.8 Å². The third kappa shape index (κ3) is 9.86. The van der Waals surface area contributed by atoms with Crippen molar-refractivity contribution in [3.8, 4) is 45.5 Å². The van der Waals surface area contributed by atoms with Crippen LogP contribution in [0.5, 0.6) is 23.0 Å². The lowest BCUT2D eigenvalue weighted by molar-refractivity contribution is 0.317. The Morgan fingerprint density at radius 1 is 0.562 bits per heavy atom. The predicted octanol–water partition coefficient (Wildman–Crippen LogP) is 4.65. The van der Waals surface area contributed by atoms with E-state index in [1.54, 1.807) is 121 Å². The Bertz CT molecular complexity index is 2730. The molecule has 6 aromatic heterocycles. The summed E-state index contributed by atoms with van der Waals surface area (Å²) in [6, 6.07) is 17.9. The number of anilines is 4. The molecular formula is C42H44N16O6. The van der Waals surface area contributed by atoms with Gasteiger partial charge in [-0.05, 0) is 24.3 Å². The van der Waals surface area contributed by atoms with E-state index in [9.17, 15) is 0 Å². The molecule has 0 aliphatic carbocycles. The van der Waals surface area contributed by atoms with Crippen LogP contribution < -0.4 is 40.2 Å². The number of nitrogens with two attached hydrogens (primary N) is 2. The molecule has 8 rings (SSSR count). The van der Waals surface area contributed by atoms with Gasteiger partial charge in [-0.2, -0.15) is 10.2 Å². The van der Waals surface area contributed by atoms with Crippen molar-refractivity contribution in [2.45, 2.75) is 0 Å². The number of hydrogen-bond acceptors (Lipinski definition) is 18. The van der Waals surface area contributed by atoms with Crippen LogP contribution >= 0.6 is 0 Å². The summed E-state index contributed by atoms with van der Waals surface area (Å²) < 4.78 is 24.9. The quantitative estimate of drug-likeness (QED) is 0.0501. The highest BCUT2D eigenvalue weighted by molar-refractivity contribution is 5.89. The van der Waals surface area contributed by atoms with E-state index in [-0.39, 0.29) is 24.8 Å². The van der Waals surface area contributed by atoms with Crippen LogP contribution in [0.15, 0.2) is 108 Å². The molecule has 0 bridgehead atoms. The molecule has 0 spiro atoms. The SMILES string of the molecule is COc1cc(OC)cc(N(C/C(N)=N/O)c2ccc3ncc(-c4cnn(C)c4)nc3n2)c1.COc1cc(OC)cc(N(CC(N)=NO)c2ccc3ncc(-c4cnn(C)c4)nc3n2)c1. The smallest absolute Gasteiger partial charge is 0.180 e. The van der Waals surface area contributed by atoms with Gasteiger partial charge in [-0.1, -0.05) is 10.3 Å². The number of ether oxygens (including phenoxy) is 4. The van der Waals surface area contributed by atoms with E-state index < -0.39 is 0 Å². The molecule has 2 aromatic carbocycles. The van der Waals surface area contributed by atoms with Crippen molar-refractivity contribution in [3.63, 3.8) is 0 Å². The lowest BCUT2D eigenvalue weighted by atomic mass is 10.2. The third-order valence-electron chi connectivity index (χ3n) is 9.53. The number of nitrogens with zero attached hydrogens (tertiary/aromatic N) is 14. The Morgan fingerprint density at radius 3 is 1.25 bits per heavy atom. The molecule has 0 amide bonds. The highest BCUT2D eigenvalue weighted by Gasteiger charge is 2.19. The van der Waals surface area contributed by atoms with Crippen molar-refractivity contribution in [1.29, 1.82) is 0 Å². The monoisotopic (exact) mass is 868 g/mol. The number of pyridine rings is 2. The number of amidine groups is 2. The Labute approximate surface area is 365 Å². The van der Waals surface area contributed by atoms with E-state index in [2.05, 4.69) is 40.4 Å². The minimum atomic E-state index is 0.00359. The van der Waals surface area contributed by atoms with Gasteiger partial charge in [0.05, 0.1) is 89.1 Å². The van der Waals surface area contributed by atoms with E-state index in [0.29, 0.717) is 79.7 Å². The summed E-state index contributed by atoms with van der Waals surface area (Å²) in [6.45, 7) is 0.141. The standard InChI is InChI=1S/2C21H22N8O3/c2*1-28-11-13(9-24-28)18-10-23-17-4-5-20(26-21(17)25-18)29(12-19(22)27-30)14-6-15(31-2)8-16(7-14)32-3/h2*4-11,30H,12H2,1-3H3,(H2,22,27). The van der Waals surface area contributed by atoms with Gasteiger partial charge >= 0.3 is 0 Å². The molecule has 0 atom stereocenters. The number of aromatic nitrogens is 10. The highest BCUT2D eigenvalue weighted by atomic mass is 16.5. The van der Waals surface area contributed by atoms with Gasteiger partial charge in [0.1, 0.15) is 45.7 Å². The largest absolute Gasteiger partial charge is 0.497 e. The summed E-state index contributed by atoms with van der Waals surface area (Å²) >= 11 is 0. The average Bonchev–Trinajstić information content (AvgIpc) is 3.99. The second-order valence-electron chi connectivity index (χ2n) is 13.8. The van der Waals surface area contributed by atoms with Gasteiger partial charge in [0.2, 0.25) is 0 Å². The molecule has 0 saturated heterocycles. The van der Waals surface area contributed by atoms with Crippen molar-refractivity contribution in [3.05, 3.63) is 97.8 Å². The molecule has 0 aliphatic heterocycles. The Hall–Kier alpha value is -8.82. The van der Waals surface area contributed by atoms with Crippen LogP contribution in [-0.4, -0.2) is 113 Å². The molecular weight excluding hydrogens is 825 g/mol. The van der Waals surface area contributed by atoms with Crippen LogP contribution in [-0.2, 0) is 14.1 Å². The van der Waals surface area contributed by atoms with Gasteiger partial charge < -0.3 is 50.6 Å². The van der Waals surface area contributed by atoms with Gasteiger partial charge in [0.15, 0.2) is 23.0 Å². The molecule has 6 heterocycles. The fourth-order valence-electron chi connectivity index (χ4n) is 6.35. The minimum absolute atomic E-state index is 0.00359. The summed E-state index contributed by atoms with van der Waals surface area (Å²) in [6.07, 6.45) is 10.5. The van der Waals surface area contributed by atoms with E-state index in [0.717, 1.165) is 11.1 Å².